The molecule has 1 atom stereocenters. The van der Waals surface area contributed by atoms with Crippen LogP contribution >= 0.6 is 0 Å². The van der Waals surface area contributed by atoms with E-state index in [4.69, 9.17) is 4.42 Å². The van der Waals surface area contributed by atoms with E-state index in [1.165, 1.54) is 24.3 Å². The van der Waals surface area contributed by atoms with Gasteiger partial charge in [0, 0.05) is 6.54 Å². The molecule has 4 nitrogen and oxygen atoms in total. The number of hydrogen-bond acceptors (Lipinski definition) is 3. The highest BCUT2D eigenvalue weighted by molar-refractivity contribution is 5.99. The Morgan fingerprint density at radius 3 is 2.32 bits per heavy atom. The number of carbonyl (C=O) groups is 1. The molecule has 0 N–H and O–H groups in total. The summed E-state index contributed by atoms with van der Waals surface area (Å²) in [5, 5.41) is 0.0728. The van der Waals surface area contributed by atoms with Crippen LogP contribution < -0.4 is 5.43 Å². The molecule has 5 rings (SSSR count). The Hall–Kier alpha value is -3.80. The van der Waals surface area contributed by atoms with Crippen LogP contribution in [0.3, 0.4) is 0 Å². The molecule has 0 radical (unpaired) electrons. The highest BCUT2D eigenvalue weighted by atomic mass is 19.1. The molecule has 1 aliphatic heterocycles. The van der Waals surface area contributed by atoms with Gasteiger partial charge in [0.2, 0.25) is 5.76 Å². The van der Waals surface area contributed by atoms with Gasteiger partial charge in [0.15, 0.2) is 5.43 Å². The van der Waals surface area contributed by atoms with Crippen LogP contribution in [0, 0.1) is 11.6 Å². The summed E-state index contributed by atoms with van der Waals surface area (Å²) in [5.74, 6) is -1.45. The Balaban J connectivity index is 1.66. The lowest BCUT2D eigenvalue weighted by molar-refractivity contribution is 0.0730. The van der Waals surface area contributed by atoms with E-state index in [0.29, 0.717) is 18.5 Å². The van der Waals surface area contributed by atoms with Gasteiger partial charge in [-0.05, 0) is 47.9 Å². The number of fused-ring (bicyclic) bond motifs is 2. The minimum atomic E-state index is -0.740. The van der Waals surface area contributed by atoms with E-state index in [0.717, 1.165) is 11.6 Å². The number of benzene rings is 3. The van der Waals surface area contributed by atoms with Crippen molar-refractivity contribution in [3.63, 3.8) is 0 Å². The topological polar surface area (TPSA) is 50.5 Å². The molecule has 6 heteroatoms. The van der Waals surface area contributed by atoms with Crippen LogP contribution in [0.4, 0.5) is 8.78 Å². The van der Waals surface area contributed by atoms with E-state index in [9.17, 15) is 18.4 Å². The first kappa shape index (κ1) is 19.2. The second kappa shape index (κ2) is 7.47. The lowest BCUT2D eigenvalue weighted by Crippen LogP contribution is -2.31. The van der Waals surface area contributed by atoms with Gasteiger partial charge in [0.05, 0.1) is 17.0 Å². The molecule has 2 heterocycles. The molecule has 1 unspecified atom stereocenters. The molecular weight excluding hydrogens is 400 g/mol. The molecule has 3 aromatic carbocycles. The van der Waals surface area contributed by atoms with Crippen molar-refractivity contribution in [1.29, 1.82) is 0 Å². The Kier molecular flexibility index (Phi) is 4.62. The fourth-order valence-electron chi connectivity index (χ4n) is 4.11. The van der Waals surface area contributed by atoms with Gasteiger partial charge in [-0.3, -0.25) is 9.59 Å². The van der Waals surface area contributed by atoms with Crippen molar-refractivity contribution in [2.45, 2.75) is 12.5 Å². The number of halogens is 2. The Bertz CT molecular complexity index is 1350. The molecule has 0 saturated carbocycles. The van der Waals surface area contributed by atoms with E-state index >= 15 is 0 Å². The predicted octanol–water partition coefficient (Wildman–Crippen LogP) is 4.86. The maximum Gasteiger partial charge on any atom is 0.290 e. The molecule has 154 valence electrons. The van der Waals surface area contributed by atoms with Crippen molar-refractivity contribution in [2.75, 3.05) is 6.54 Å². The summed E-state index contributed by atoms with van der Waals surface area (Å²) in [5.41, 5.74) is 1.48. The van der Waals surface area contributed by atoms with E-state index in [2.05, 4.69) is 0 Å². The summed E-state index contributed by atoms with van der Waals surface area (Å²) in [6.07, 6.45) is 0.570. The first-order valence-electron chi connectivity index (χ1n) is 9.89. The molecule has 0 spiro atoms. The molecule has 4 aromatic rings. The molecule has 1 aliphatic rings. The van der Waals surface area contributed by atoms with Gasteiger partial charge in [0.1, 0.15) is 17.2 Å². The summed E-state index contributed by atoms with van der Waals surface area (Å²) in [7, 11) is 0. The van der Waals surface area contributed by atoms with Gasteiger partial charge in [-0.2, -0.15) is 0 Å². The lowest BCUT2D eigenvalue weighted by Gasteiger charge is -2.25. The number of nitrogens with zero attached hydrogens (tertiary/aromatic N) is 1. The van der Waals surface area contributed by atoms with Crippen molar-refractivity contribution in [3.8, 4) is 0 Å². The first-order chi connectivity index (χ1) is 15.0. The molecule has 0 saturated heterocycles. The van der Waals surface area contributed by atoms with Crippen LogP contribution in [0.15, 0.2) is 82.0 Å². The van der Waals surface area contributed by atoms with Crippen molar-refractivity contribution < 1.29 is 18.0 Å². The molecular formula is C25H17F2NO3. The van der Waals surface area contributed by atoms with E-state index in [1.54, 1.807) is 17.0 Å². The van der Waals surface area contributed by atoms with Gasteiger partial charge in [0.25, 0.3) is 5.91 Å². The zero-order chi connectivity index (χ0) is 21.5. The third-order valence-corrected chi connectivity index (χ3v) is 5.60. The van der Waals surface area contributed by atoms with Crippen molar-refractivity contribution in [3.05, 3.63) is 117 Å². The maximum absolute atomic E-state index is 13.8. The van der Waals surface area contributed by atoms with Crippen molar-refractivity contribution in [2.24, 2.45) is 0 Å². The van der Waals surface area contributed by atoms with E-state index in [-0.39, 0.29) is 22.3 Å². The Morgan fingerprint density at radius 1 is 0.871 bits per heavy atom. The zero-order valence-electron chi connectivity index (χ0n) is 16.3. The molecule has 1 amide bonds. The lowest BCUT2D eigenvalue weighted by atomic mass is 9.98. The summed E-state index contributed by atoms with van der Waals surface area (Å²) >= 11 is 0. The number of rotatable bonds is 4. The fraction of sp³-hybridized carbons (Fsp3) is 0.120. The third kappa shape index (κ3) is 3.30. The quantitative estimate of drug-likeness (QED) is 0.477. The number of hydrogen-bond donors (Lipinski definition) is 0. The maximum atomic E-state index is 13.8. The highest BCUT2D eigenvalue weighted by Crippen LogP contribution is 2.38. The van der Waals surface area contributed by atoms with E-state index < -0.39 is 29.0 Å². The second-order valence-corrected chi connectivity index (χ2v) is 7.50. The predicted molar refractivity (Wildman–Crippen MR) is 112 cm³/mol. The summed E-state index contributed by atoms with van der Waals surface area (Å²) in [6, 6.07) is 18.2. The smallest absolute Gasteiger partial charge is 0.290 e. The molecule has 0 bridgehead atoms. The zero-order valence-corrected chi connectivity index (χ0v) is 16.3. The summed E-state index contributed by atoms with van der Waals surface area (Å²) in [6.45, 7) is 0.333. The standard InChI is InChI=1S/C25H17F2NO3/c26-17-8-6-16(7-9-17)22-21-23(29)19-14-18(27)10-11-20(19)31-24(21)25(30)28(22)13-12-15-4-2-1-3-5-15/h1-11,14,22H,12-13H2. The number of amides is 1. The van der Waals surface area contributed by atoms with Gasteiger partial charge < -0.3 is 9.32 Å². The van der Waals surface area contributed by atoms with E-state index in [1.807, 2.05) is 30.3 Å². The van der Waals surface area contributed by atoms with Crippen LogP contribution in [0.25, 0.3) is 11.0 Å². The monoisotopic (exact) mass is 417 g/mol. The average molecular weight is 417 g/mol. The normalized spacial score (nSPS) is 15.5. The third-order valence-electron chi connectivity index (χ3n) is 5.60. The Morgan fingerprint density at radius 2 is 1.58 bits per heavy atom. The SMILES string of the molecule is O=C1c2oc3ccc(F)cc3c(=O)c2C(c2ccc(F)cc2)N1CCc1ccccc1. The minimum absolute atomic E-state index is 0.0495. The van der Waals surface area contributed by atoms with Crippen LogP contribution in [-0.4, -0.2) is 17.4 Å². The fourth-order valence-corrected chi connectivity index (χ4v) is 4.11. The Labute approximate surface area is 176 Å². The molecule has 1 aromatic heterocycles. The molecule has 31 heavy (non-hydrogen) atoms. The highest BCUT2D eigenvalue weighted by Gasteiger charge is 2.42. The molecule has 0 fully saturated rings. The molecule has 0 aliphatic carbocycles. The van der Waals surface area contributed by atoms with Gasteiger partial charge in [-0.1, -0.05) is 42.5 Å². The van der Waals surface area contributed by atoms with Crippen LogP contribution in [0.2, 0.25) is 0 Å². The second-order valence-electron chi connectivity index (χ2n) is 7.50. The summed E-state index contributed by atoms with van der Waals surface area (Å²) in [4.78, 5) is 28.1. The average Bonchev–Trinajstić information content (AvgIpc) is 3.06. The van der Waals surface area contributed by atoms with Crippen molar-refractivity contribution in [1.82, 2.24) is 4.90 Å². The van der Waals surface area contributed by atoms with Gasteiger partial charge >= 0.3 is 0 Å². The largest absolute Gasteiger partial charge is 0.450 e. The van der Waals surface area contributed by atoms with Gasteiger partial charge in [-0.25, -0.2) is 8.78 Å². The van der Waals surface area contributed by atoms with Gasteiger partial charge in [-0.15, -0.1) is 0 Å². The number of carbonyl (C=O) groups excluding carboxylic acids is 1. The van der Waals surface area contributed by atoms with Crippen LogP contribution in [0.5, 0.6) is 0 Å². The minimum Gasteiger partial charge on any atom is -0.450 e. The summed E-state index contributed by atoms with van der Waals surface area (Å²) < 4.78 is 33.1. The van der Waals surface area contributed by atoms with Crippen LogP contribution in [0.1, 0.15) is 33.3 Å². The van der Waals surface area contributed by atoms with Crippen LogP contribution in [-0.2, 0) is 6.42 Å². The van der Waals surface area contributed by atoms with Crippen molar-refractivity contribution >= 4 is 16.9 Å². The first-order valence-corrected chi connectivity index (χ1v) is 9.89.